The van der Waals surface area contributed by atoms with Gasteiger partial charge in [0.2, 0.25) is 0 Å². The molecule has 6 nitrogen and oxygen atoms in total. The number of aliphatic hydroxyl groups is 1. The fraction of sp³-hybridized carbons (Fsp3) is 0.462. The number of hydrogen-bond acceptors (Lipinski definition) is 5. The summed E-state index contributed by atoms with van der Waals surface area (Å²) in [5, 5.41) is 18.3. The van der Waals surface area contributed by atoms with Crippen molar-refractivity contribution in [3.05, 3.63) is 29.8 Å². The van der Waals surface area contributed by atoms with Crippen LogP contribution in [0, 0.1) is 0 Å². The van der Waals surface area contributed by atoms with Crippen molar-refractivity contribution in [1.82, 2.24) is 0 Å². The first-order chi connectivity index (χ1) is 9.13. The summed E-state index contributed by atoms with van der Waals surface area (Å²) in [6.07, 6.45) is -0.740. The molecule has 1 atom stereocenters. The van der Waals surface area contributed by atoms with Crippen molar-refractivity contribution in [3.63, 3.8) is 0 Å². The molecule has 0 saturated heterocycles. The van der Waals surface area contributed by atoms with Gasteiger partial charge in [-0.2, -0.15) is 0 Å². The van der Waals surface area contributed by atoms with Gasteiger partial charge in [0.1, 0.15) is 18.5 Å². The van der Waals surface area contributed by atoms with Crippen molar-refractivity contribution >= 4 is 5.97 Å². The molecule has 0 aliphatic heterocycles. The lowest BCUT2D eigenvalue weighted by molar-refractivity contribution is -0.00419. The van der Waals surface area contributed by atoms with Gasteiger partial charge >= 0.3 is 5.97 Å². The van der Waals surface area contributed by atoms with Crippen LogP contribution in [0.4, 0.5) is 0 Å². The number of hydrogen-bond donors (Lipinski definition) is 2. The van der Waals surface area contributed by atoms with Gasteiger partial charge in [0.15, 0.2) is 0 Å². The minimum Gasteiger partial charge on any atom is -0.491 e. The van der Waals surface area contributed by atoms with Gasteiger partial charge in [-0.05, 0) is 24.3 Å². The standard InChI is InChI=1S/C13H18O6/c1-17-6-7-18-8-11(14)9-19-12-4-2-10(3-5-12)13(15)16/h2-5,11,14H,6-9H2,1H3,(H,15,16). The second kappa shape index (κ2) is 8.47. The van der Waals surface area contributed by atoms with Gasteiger partial charge in [0, 0.05) is 7.11 Å². The summed E-state index contributed by atoms with van der Waals surface area (Å²) in [4.78, 5) is 10.6. The van der Waals surface area contributed by atoms with E-state index in [2.05, 4.69) is 0 Å². The highest BCUT2D eigenvalue weighted by atomic mass is 16.5. The number of aliphatic hydroxyl groups excluding tert-OH is 1. The molecular formula is C13H18O6. The minimum atomic E-state index is -0.988. The molecule has 2 N–H and O–H groups in total. The Morgan fingerprint density at radius 2 is 1.89 bits per heavy atom. The average molecular weight is 270 g/mol. The molecule has 0 heterocycles. The molecule has 0 spiro atoms. The molecule has 0 bridgehead atoms. The van der Waals surface area contributed by atoms with Gasteiger partial charge in [-0.1, -0.05) is 0 Å². The molecule has 0 aliphatic rings. The van der Waals surface area contributed by atoms with Crippen LogP contribution in [0.3, 0.4) is 0 Å². The summed E-state index contributed by atoms with van der Waals surface area (Å²) in [5.74, 6) is -0.487. The first-order valence-electron chi connectivity index (χ1n) is 5.84. The van der Waals surface area contributed by atoms with E-state index in [-0.39, 0.29) is 18.8 Å². The topological polar surface area (TPSA) is 85.2 Å². The molecule has 0 saturated carbocycles. The van der Waals surface area contributed by atoms with Gasteiger partial charge in [-0.25, -0.2) is 4.79 Å². The molecule has 106 valence electrons. The van der Waals surface area contributed by atoms with E-state index in [4.69, 9.17) is 19.3 Å². The molecule has 1 unspecified atom stereocenters. The molecular weight excluding hydrogens is 252 g/mol. The Bertz CT molecular complexity index is 375. The molecule has 0 aromatic heterocycles. The Kier molecular flexibility index (Phi) is 6.88. The van der Waals surface area contributed by atoms with Gasteiger partial charge in [-0.3, -0.25) is 0 Å². The summed E-state index contributed by atoms with van der Waals surface area (Å²) < 4.78 is 15.2. The van der Waals surface area contributed by atoms with E-state index in [0.29, 0.717) is 19.0 Å². The van der Waals surface area contributed by atoms with Crippen LogP contribution in [-0.2, 0) is 9.47 Å². The number of ether oxygens (including phenoxy) is 3. The maximum Gasteiger partial charge on any atom is 0.335 e. The van der Waals surface area contributed by atoms with E-state index in [1.807, 2.05) is 0 Å². The molecule has 0 radical (unpaired) electrons. The lowest BCUT2D eigenvalue weighted by atomic mass is 10.2. The van der Waals surface area contributed by atoms with Crippen molar-refractivity contribution in [2.75, 3.05) is 33.5 Å². The van der Waals surface area contributed by atoms with Crippen LogP contribution in [0.1, 0.15) is 10.4 Å². The smallest absolute Gasteiger partial charge is 0.335 e. The van der Waals surface area contributed by atoms with E-state index in [1.54, 1.807) is 19.2 Å². The third-order valence-corrected chi connectivity index (χ3v) is 2.29. The van der Waals surface area contributed by atoms with Crippen molar-refractivity contribution in [2.24, 2.45) is 0 Å². The molecule has 0 fully saturated rings. The second-order valence-corrected chi connectivity index (χ2v) is 3.86. The third-order valence-electron chi connectivity index (χ3n) is 2.29. The Labute approximate surface area is 111 Å². The van der Waals surface area contributed by atoms with Gasteiger partial charge in [0.05, 0.1) is 25.4 Å². The van der Waals surface area contributed by atoms with Crippen molar-refractivity contribution in [3.8, 4) is 5.75 Å². The van der Waals surface area contributed by atoms with Gasteiger partial charge in [-0.15, -0.1) is 0 Å². The predicted octanol–water partition coefficient (Wildman–Crippen LogP) is 0.787. The van der Waals surface area contributed by atoms with Crippen LogP contribution in [-0.4, -0.2) is 55.8 Å². The molecule has 19 heavy (non-hydrogen) atoms. The van der Waals surface area contributed by atoms with E-state index in [0.717, 1.165) is 0 Å². The molecule has 6 heteroatoms. The zero-order chi connectivity index (χ0) is 14.1. The van der Waals surface area contributed by atoms with Gasteiger partial charge in [0.25, 0.3) is 0 Å². The number of benzene rings is 1. The first kappa shape index (κ1) is 15.4. The maximum absolute atomic E-state index is 10.6. The summed E-state index contributed by atoms with van der Waals surface area (Å²) in [7, 11) is 1.57. The van der Waals surface area contributed by atoms with Crippen molar-refractivity contribution in [1.29, 1.82) is 0 Å². The van der Waals surface area contributed by atoms with Crippen LogP contribution in [0.5, 0.6) is 5.75 Å². The first-order valence-corrected chi connectivity index (χ1v) is 5.84. The largest absolute Gasteiger partial charge is 0.491 e. The summed E-state index contributed by atoms with van der Waals surface area (Å²) in [6.45, 7) is 1.14. The van der Waals surface area contributed by atoms with Crippen LogP contribution in [0.2, 0.25) is 0 Å². The highest BCUT2D eigenvalue weighted by molar-refractivity contribution is 5.87. The summed E-state index contributed by atoms with van der Waals surface area (Å²) in [5.41, 5.74) is 0.191. The number of aromatic carboxylic acids is 1. The number of carbonyl (C=O) groups is 1. The summed E-state index contributed by atoms with van der Waals surface area (Å²) >= 11 is 0. The Balaban J connectivity index is 2.25. The zero-order valence-corrected chi connectivity index (χ0v) is 10.7. The predicted molar refractivity (Wildman–Crippen MR) is 67.6 cm³/mol. The van der Waals surface area contributed by atoms with Gasteiger partial charge < -0.3 is 24.4 Å². The Morgan fingerprint density at radius 3 is 2.47 bits per heavy atom. The van der Waals surface area contributed by atoms with E-state index in [9.17, 15) is 9.90 Å². The average Bonchev–Trinajstić information content (AvgIpc) is 2.42. The molecule has 1 aromatic carbocycles. The van der Waals surface area contributed by atoms with Crippen molar-refractivity contribution < 1.29 is 29.2 Å². The molecule has 1 aromatic rings. The maximum atomic E-state index is 10.6. The van der Waals surface area contributed by atoms with E-state index < -0.39 is 12.1 Å². The monoisotopic (exact) mass is 270 g/mol. The van der Waals surface area contributed by atoms with E-state index in [1.165, 1.54) is 12.1 Å². The van der Waals surface area contributed by atoms with Crippen LogP contribution in [0.15, 0.2) is 24.3 Å². The Hall–Kier alpha value is -1.63. The number of carboxylic acid groups (broad SMARTS) is 1. The van der Waals surface area contributed by atoms with E-state index >= 15 is 0 Å². The highest BCUT2D eigenvalue weighted by Crippen LogP contribution is 2.12. The molecule has 0 aliphatic carbocycles. The van der Waals surface area contributed by atoms with Crippen LogP contribution < -0.4 is 4.74 Å². The fourth-order valence-electron chi connectivity index (χ4n) is 1.30. The lowest BCUT2D eigenvalue weighted by Crippen LogP contribution is -2.24. The van der Waals surface area contributed by atoms with Crippen LogP contribution >= 0.6 is 0 Å². The SMILES string of the molecule is COCCOCC(O)COc1ccc(C(=O)O)cc1. The minimum absolute atomic E-state index is 0.0827. The number of rotatable bonds is 9. The highest BCUT2D eigenvalue weighted by Gasteiger charge is 2.06. The van der Waals surface area contributed by atoms with Crippen LogP contribution in [0.25, 0.3) is 0 Å². The van der Waals surface area contributed by atoms with Crippen molar-refractivity contribution in [2.45, 2.75) is 6.10 Å². The zero-order valence-electron chi connectivity index (χ0n) is 10.7. The summed E-state index contributed by atoms with van der Waals surface area (Å²) in [6, 6.07) is 5.97. The number of methoxy groups -OCH3 is 1. The Morgan fingerprint density at radius 1 is 1.21 bits per heavy atom. The molecule has 0 amide bonds. The third kappa shape index (κ3) is 6.19. The second-order valence-electron chi connectivity index (χ2n) is 3.86. The fourth-order valence-corrected chi connectivity index (χ4v) is 1.30. The normalized spacial score (nSPS) is 12.1. The molecule has 1 rings (SSSR count). The lowest BCUT2D eigenvalue weighted by Gasteiger charge is -2.12. The quantitative estimate of drug-likeness (QED) is 0.645. The number of carboxylic acids is 1.